The average Bonchev–Trinajstić information content (AvgIpc) is 3.74. The summed E-state index contributed by atoms with van der Waals surface area (Å²) >= 11 is 0. The third-order valence-corrected chi connectivity index (χ3v) is 13.2. The van der Waals surface area contributed by atoms with Crippen molar-refractivity contribution in [2.45, 2.75) is 0 Å². The Morgan fingerprint density at radius 2 is 0.896 bits per heavy atom. The molecule has 310 valence electrons. The molecule has 0 bridgehead atoms. The molecule has 0 unspecified atom stereocenters. The summed E-state index contributed by atoms with van der Waals surface area (Å²) < 4.78 is 2.32. The Bertz CT molecular complexity index is 4330. The van der Waals surface area contributed by atoms with Gasteiger partial charge in [-0.25, -0.2) is 4.98 Å². The van der Waals surface area contributed by atoms with Crippen molar-refractivity contribution in [1.82, 2.24) is 39.5 Å². The lowest BCUT2D eigenvalue weighted by molar-refractivity contribution is 1.11. The summed E-state index contributed by atoms with van der Waals surface area (Å²) in [6.45, 7) is 0. The van der Waals surface area contributed by atoms with Gasteiger partial charge < -0.3 is 0 Å². The van der Waals surface area contributed by atoms with Gasteiger partial charge in [0.1, 0.15) is 5.82 Å². The molecule has 0 aliphatic carbocycles. The molecule has 0 spiro atoms. The highest BCUT2D eigenvalue weighted by Gasteiger charge is 2.21. The Morgan fingerprint density at radius 1 is 0.328 bits per heavy atom. The minimum Gasteiger partial charge on any atom is -0.293 e. The summed E-state index contributed by atoms with van der Waals surface area (Å²) in [4.78, 5) is 34.4. The predicted octanol–water partition coefficient (Wildman–Crippen LogP) is 14.1. The fourth-order valence-electron chi connectivity index (χ4n) is 10.1. The first-order valence-corrected chi connectivity index (χ1v) is 22.3. The van der Waals surface area contributed by atoms with Crippen LogP contribution in [0.4, 0.5) is 0 Å². The quantitative estimate of drug-likeness (QED) is 0.159. The molecule has 14 rings (SSSR count). The van der Waals surface area contributed by atoms with Gasteiger partial charge in [-0.05, 0) is 101 Å². The zero-order chi connectivity index (χ0) is 44.0. The van der Waals surface area contributed by atoms with Crippen molar-refractivity contribution in [3.05, 3.63) is 207 Å². The molecule has 67 heavy (non-hydrogen) atoms. The van der Waals surface area contributed by atoms with Crippen LogP contribution in [0.2, 0.25) is 0 Å². The van der Waals surface area contributed by atoms with Crippen molar-refractivity contribution in [3.63, 3.8) is 0 Å². The minimum absolute atomic E-state index is 0.855. The standard InChI is InChI=1S/C59H34N8/c1-4-16-51-35(9-1)20-24-54(66-51)67-53-23-19-36(50-21-17-39(33-64-50)45-30-37-10-5-25-60-55(37)57-42(45)14-7-27-62-57)29-48(53)49-32-47(41-12-2-3-13-44(41)59(49)67)52-22-18-40(34-65-52)46-31-38-11-6-26-61-56(38)58-43(46)15-8-28-63-58/h1-34H. The van der Waals surface area contributed by atoms with Crippen molar-refractivity contribution in [2.24, 2.45) is 0 Å². The third-order valence-electron chi connectivity index (χ3n) is 13.2. The van der Waals surface area contributed by atoms with Crippen molar-refractivity contribution < 1.29 is 0 Å². The zero-order valence-electron chi connectivity index (χ0n) is 35.7. The monoisotopic (exact) mass is 854 g/mol. The van der Waals surface area contributed by atoms with Crippen LogP contribution in [0.25, 0.3) is 138 Å². The van der Waals surface area contributed by atoms with Crippen molar-refractivity contribution in [3.8, 4) is 50.6 Å². The van der Waals surface area contributed by atoms with Crippen LogP contribution in [0, 0.1) is 0 Å². The number of rotatable bonds is 5. The van der Waals surface area contributed by atoms with E-state index in [0.717, 1.165) is 138 Å². The second kappa shape index (κ2) is 14.6. The molecule has 14 aromatic rings. The number of hydrogen-bond donors (Lipinski definition) is 0. The Hall–Kier alpha value is -9.27. The molecule has 0 N–H and O–H groups in total. The second-order valence-corrected chi connectivity index (χ2v) is 17.0. The molecule has 0 radical (unpaired) electrons. The highest BCUT2D eigenvalue weighted by Crippen LogP contribution is 2.43. The molecule has 0 atom stereocenters. The first-order chi connectivity index (χ1) is 33.2. The lowest BCUT2D eigenvalue weighted by Gasteiger charge is -2.13. The SMILES string of the molecule is c1ccc2nc(-n3c4ccc(-c5ccc(-c6cc7cccnc7c7ncccc67)cn5)cc4c4cc(-c5ccc(-c6cc7cccnc7c7ncccc67)cn5)c5ccccc5c43)ccc2c1. The highest BCUT2D eigenvalue weighted by atomic mass is 15.1. The van der Waals surface area contributed by atoms with Gasteiger partial charge in [0.25, 0.3) is 0 Å². The van der Waals surface area contributed by atoms with E-state index in [1.807, 2.05) is 67.5 Å². The fourth-order valence-corrected chi connectivity index (χ4v) is 10.1. The second-order valence-electron chi connectivity index (χ2n) is 17.0. The summed E-state index contributed by atoms with van der Waals surface area (Å²) in [5.41, 5.74) is 14.7. The topological polar surface area (TPSA) is 95.2 Å². The predicted molar refractivity (Wildman–Crippen MR) is 272 cm³/mol. The molecule has 8 aromatic heterocycles. The van der Waals surface area contributed by atoms with E-state index in [-0.39, 0.29) is 0 Å². The van der Waals surface area contributed by atoms with Crippen molar-refractivity contribution in [1.29, 1.82) is 0 Å². The Morgan fingerprint density at radius 3 is 1.57 bits per heavy atom. The molecule has 8 heteroatoms. The number of hydrogen-bond acceptors (Lipinski definition) is 7. The molecule has 0 fully saturated rings. The van der Waals surface area contributed by atoms with Crippen molar-refractivity contribution in [2.75, 3.05) is 0 Å². The van der Waals surface area contributed by atoms with Crippen LogP contribution in [0.15, 0.2) is 207 Å². The molecular formula is C59H34N8. The Kier molecular flexibility index (Phi) is 8.11. The average molecular weight is 855 g/mol. The third kappa shape index (κ3) is 5.83. The van der Waals surface area contributed by atoms with E-state index in [2.05, 4.69) is 154 Å². The molecule has 6 aromatic carbocycles. The smallest absolute Gasteiger partial charge is 0.138 e. The molecule has 0 aliphatic rings. The maximum Gasteiger partial charge on any atom is 0.138 e. The first kappa shape index (κ1) is 37.1. The molecular weight excluding hydrogens is 821 g/mol. The molecule has 8 heterocycles. The van der Waals surface area contributed by atoms with Crippen LogP contribution in [-0.4, -0.2) is 39.5 Å². The van der Waals surface area contributed by atoms with E-state index in [9.17, 15) is 0 Å². The van der Waals surface area contributed by atoms with Crippen LogP contribution >= 0.6 is 0 Å². The van der Waals surface area contributed by atoms with Gasteiger partial charge >= 0.3 is 0 Å². The summed E-state index contributed by atoms with van der Waals surface area (Å²) in [7, 11) is 0. The van der Waals surface area contributed by atoms with E-state index >= 15 is 0 Å². The number of pyridine rings is 7. The van der Waals surface area contributed by atoms with E-state index in [4.69, 9.17) is 24.9 Å². The van der Waals surface area contributed by atoms with Gasteiger partial charge in [0, 0.05) is 103 Å². The minimum atomic E-state index is 0.855. The molecule has 0 saturated heterocycles. The van der Waals surface area contributed by atoms with E-state index in [1.165, 1.54) is 0 Å². The summed E-state index contributed by atoms with van der Waals surface area (Å²) in [5.74, 6) is 0.855. The van der Waals surface area contributed by atoms with Crippen LogP contribution < -0.4 is 0 Å². The lowest BCUT2D eigenvalue weighted by Crippen LogP contribution is -1.98. The van der Waals surface area contributed by atoms with Crippen LogP contribution in [0.5, 0.6) is 0 Å². The van der Waals surface area contributed by atoms with E-state index < -0.39 is 0 Å². The highest BCUT2D eigenvalue weighted by molar-refractivity contribution is 6.22. The van der Waals surface area contributed by atoms with Crippen LogP contribution in [0.3, 0.4) is 0 Å². The normalized spacial score (nSPS) is 11.9. The summed E-state index contributed by atoms with van der Waals surface area (Å²) in [6.07, 6.45) is 11.3. The Labute approximate surface area is 382 Å². The zero-order valence-corrected chi connectivity index (χ0v) is 35.7. The number of para-hydroxylation sites is 1. The van der Waals surface area contributed by atoms with Gasteiger partial charge in [0.05, 0.1) is 50.0 Å². The fraction of sp³-hybridized carbons (Fsp3) is 0. The van der Waals surface area contributed by atoms with E-state index in [1.54, 1.807) is 0 Å². The molecule has 0 amide bonds. The van der Waals surface area contributed by atoms with Crippen molar-refractivity contribution >= 4 is 87.1 Å². The molecule has 8 nitrogen and oxygen atoms in total. The largest absolute Gasteiger partial charge is 0.293 e. The van der Waals surface area contributed by atoms with Gasteiger partial charge in [0.15, 0.2) is 0 Å². The maximum atomic E-state index is 5.27. The first-order valence-electron chi connectivity index (χ1n) is 22.3. The number of benzene rings is 6. The van der Waals surface area contributed by atoms with Gasteiger partial charge in [-0.3, -0.25) is 34.5 Å². The lowest BCUT2D eigenvalue weighted by atomic mass is 9.95. The van der Waals surface area contributed by atoms with Crippen LogP contribution in [-0.2, 0) is 0 Å². The molecule has 0 aliphatic heterocycles. The van der Waals surface area contributed by atoms with Gasteiger partial charge in [0.2, 0.25) is 0 Å². The number of aromatic nitrogens is 8. The molecule has 0 saturated carbocycles. The maximum absolute atomic E-state index is 5.27. The van der Waals surface area contributed by atoms with Gasteiger partial charge in [-0.15, -0.1) is 0 Å². The number of fused-ring (bicyclic) bond motifs is 12. The summed E-state index contributed by atoms with van der Waals surface area (Å²) in [5, 5.41) is 9.69. The van der Waals surface area contributed by atoms with Gasteiger partial charge in [-0.2, -0.15) is 0 Å². The Balaban J connectivity index is 0.950. The number of nitrogens with zero attached hydrogens (tertiary/aromatic N) is 8. The van der Waals surface area contributed by atoms with Crippen LogP contribution in [0.1, 0.15) is 0 Å². The summed E-state index contributed by atoms with van der Waals surface area (Å²) in [6, 6.07) is 59.5. The van der Waals surface area contributed by atoms with Gasteiger partial charge in [-0.1, -0.05) is 84.9 Å². The van der Waals surface area contributed by atoms with E-state index in [0.29, 0.717) is 0 Å².